The number of hydrogen-bond acceptors (Lipinski definition) is 2. The van der Waals surface area contributed by atoms with E-state index in [0.717, 1.165) is 5.56 Å². The van der Waals surface area contributed by atoms with Gasteiger partial charge in [-0.1, -0.05) is 0 Å². The zero-order valence-corrected chi connectivity index (χ0v) is 7.21. The minimum absolute atomic E-state index is 0.0463. The van der Waals surface area contributed by atoms with E-state index in [4.69, 9.17) is 11.6 Å². The van der Waals surface area contributed by atoms with E-state index in [0.29, 0.717) is 5.69 Å². The molecule has 0 bridgehead atoms. The maximum absolute atomic E-state index is 12.8. The summed E-state index contributed by atoms with van der Waals surface area (Å²) in [5, 5.41) is 0. The van der Waals surface area contributed by atoms with Crippen molar-refractivity contribution in [3.05, 3.63) is 29.6 Å². The number of aryl methyl sites for hydroxylation is 1. The molecule has 0 saturated heterocycles. The molecule has 0 fully saturated rings. The fraction of sp³-hybridized carbons (Fsp3) is 0.125. The van der Waals surface area contributed by atoms with E-state index in [1.807, 2.05) is 0 Å². The fourth-order valence-corrected chi connectivity index (χ4v) is 0.953. The maximum atomic E-state index is 12.8. The van der Waals surface area contributed by atoms with Crippen molar-refractivity contribution in [2.24, 2.45) is 16.6 Å². The van der Waals surface area contributed by atoms with E-state index in [9.17, 15) is 4.39 Å². The average Bonchev–Trinajstić information content (AvgIpc) is 2.02. The number of hydrazine groups is 1. The van der Waals surface area contributed by atoms with Crippen LogP contribution in [-0.4, -0.2) is 5.96 Å². The van der Waals surface area contributed by atoms with Crippen LogP contribution < -0.4 is 17.0 Å². The van der Waals surface area contributed by atoms with E-state index in [1.165, 1.54) is 12.1 Å². The highest BCUT2D eigenvalue weighted by Gasteiger charge is 1.96. The quantitative estimate of drug-likeness (QED) is 0.257. The minimum Gasteiger partial charge on any atom is -0.369 e. The first-order valence-corrected chi connectivity index (χ1v) is 3.70. The number of halogens is 1. The second-order valence-electron chi connectivity index (χ2n) is 2.63. The first-order chi connectivity index (χ1) is 6.11. The van der Waals surface area contributed by atoms with Crippen LogP contribution in [0.5, 0.6) is 0 Å². The van der Waals surface area contributed by atoms with Crippen LogP contribution >= 0.6 is 0 Å². The van der Waals surface area contributed by atoms with Crippen molar-refractivity contribution >= 4 is 11.6 Å². The van der Waals surface area contributed by atoms with Gasteiger partial charge < -0.3 is 5.73 Å². The summed E-state index contributed by atoms with van der Waals surface area (Å²) in [4.78, 5) is 3.82. The Kier molecular flexibility index (Phi) is 2.81. The lowest BCUT2D eigenvalue weighted by molar-refractivity contribution is 0.627. The molecule has 0 aliphatic heterocycles. The van der Waals surface area contributed by atoms with E-state index < -0.39 is 0 Å². The van der Waals surface area contributed by atoms with E-state index >= 15 is 0 Å². The third kappa shape index (κ3) is 2.72. The summed E-state index contributed by atoms with van der Waals surface area (Å²) in [7, 11) is 0. The molecule has 0 amide bonds. The van der Waals surface area contributed by atoms with E-state index in [1.54, 1.807) is 13.0 Å². The van der Waals surface area contributed by atoms with Crippen LogP contribution in [-0.2, 0) is 0 Å². The third-order valence-corrected chi connectivity index (χ3v) is 1.42. The lowest BCUT2D eigenvalue weighted by Crippen LogP contribution is -2.36. The highest BCUT2D eigenvalue weighted by Crippen LogP contribution is 2.15. The minimum atomic E-state index is -0.344. The number of guanidine groups is 1. The zero-order chi connectivity index (χ0) is 9.84. The Morgan fingerprint density at radius 2 is 2.15 bits per heavy atom. The summed E-state index contributed by atoms with van der Waals surface area (Å²) < 4.78 is 12.8. The largest absolute Gasteiger partial charge is 0.369 e. The molecule has 4 nitrogen and oxygen atoms in total. The Morgan fingerprint density at radius 3 is 2.69 bits per heavy atom. The smallest absolute Gasteiger partial charge is 0.208 e. The van der Waals surface area contributed by atoms with Crippen LogP contribution in [0.3, 0.4) is 0 Å². The summed E-state index contributed by atoms with van der Waals surface area (Å²) in [5.74, 6) is 4.70. The van der Waals surface area contributed by atoms with Gasteiger partial charge in [-0.15, -0.1) is 0 Å². The molecule has 0 aliphatic rings. The predicted molar refractivity (Wildman–Crippen MR) is 49.7 cm³/mol. The standard InChI is InChI=1S/C8H11FN4/c1-5-2-6(9)4-7(3-5)12-8(10)13-11/h2-4H,11H2,1H3,(H3,10,12,13). The van der Waals surface area contributed by atoms with Crippen molar-refractivity contribution in [1.29, 1.82) is 0 Å². The van der Waals surface area contributed by atoms with Gasteiger partial charge in [-0.05, 0) is 30.7 Å². The zero-order valence-electron chi connectivity index (χ0n) is 7.21. The topological polar surface area (TPSA) is 76.4 Å². The lowest BCUT2D eigenvalue weighted by Gasteiger charge is -2.00. The van der Waals surface area contributed by atoms with Crippen LogP contribution in [0.2, 0.25) is 0 Å². The fourth-order valence-electron chi connectivity index (χ4n) is 0.953. The highest BCUT2D eigenvalue weighted by atomic mass is 19.1. The number of nitrogens with two attached hydrogens (primary N) is 2. The number of nitrogens with zero attached hydrogens (tertiary/aromatic N) is 1. The molecule has 5 N–H and O–H groups in total. The molecule has 0 heterocycles. The van der Waals surface area contributed by atoms with Crippen molar-refractivity contribution in [3.8, 4) is 0 Å². The molecule has 1 aromatic rings. The molecule has 0 unspecified atom stereocenters. The maximum Gasteiger partial charge on any atom is 0.208 e. The van der Waals surface area contributed by atoms with Crippen molar-refractivity contribution in [3.63, 3.8) is 0 Å². The summed E-state index contributed by atoms with van der Waals surface area (Å²) >= 11 is 0. The van der Waals surface area contributed by atoms with Crippen LogP contribution in [0.1, 0.15) is 5.56 Å². The molecule has 5 heteroatoms. The number of hydrogen-bond donors (Lipinski definition) is 3. The summed E-state index contributed by atoms with van der Waals surface area (Å²) in [6.07, 6.45) is 0. The van der Waals surface area contributed by atoms with Crippen LogP contribution in [0.15, 0.2) is 23.2 Å². The average molecular weight is 182 g/mol. The molecule has 13 heavy (non-hydrogen) atoms. The van der Waals surface area contributed by atoms with Crippen LogP contribution in [0.4, 0.5) is 10.1 Å². The number of nitrogens with one attached hydrogen (secondary N) is 1. The predicted octanol–water partition coefficient (Wildman–Crippen LogP) is 0.544. The molecule has 0 aromatic heterocycles. The molecule has 0 aliphatic carbocycles. The second kappa shape index (κ2) is 3.86. The Labute approximate surface area is 75.4 Å². The Bertz CT molecular complexity index is 315. The van der Waals surface area contributed by atoms with E-state index in [2.05, 4.69) is 10.4 Å². The first kappa shape index (κ1) is 9.47. The molecular weight excluding hydrogens is 171 g/mol. The second-order valence-corrected chi connectivity index (χ2v) is 2.63. The Balaban J connectivity index is 3.02. The molecule has 1 aromatic carbocycles. The summed E-state index contributed by atoms with van der Waals surface area (Å²) in [6, 6.07) is 4.38. The van der Waals surface area contributed by atoms with E-state index in [-0.39, 0.29) is 11.8 Å². The number of benzene rings is 1. The van der Waals surface area contributed by atoms with Gasteiger partial charge in [0.25, 0.3) is 0 Å². The Hall–Kier alpha value is -1.62. The van der Waals surface area contributed by atoms with Gasteiger partial charge in [-0.3, -0.25) is 5.43 Å². The van der Waals surface area contributed by atoms with Gasteiger partial charge >= 0.3 is 0 Å². The van der Waals surface area contributed by atoms with Gasteiger partial charge in [0.05, 0.1) is 5.69 Å². The van der Waals surface area contributed by atoms with Crippen molar-refractivity contribution in [2.75, 3.05) is 0 Å². The molecule has 70 valence electrons. The van der Waals surface area contributed by atoms with Crippen LogP contribution in [0.25, 0.3) is 0 Å². The van der Waals surface area contributed by atoms with Gasteiger partial charge in [-0.2, -0.15) is 0 Å². The van der Waals surface area contributed by atoms with Gasteiger partial charge in [0.15, 0.2) is 0 Å². The first-order valence-electron chi connectivity index (χ1n) is 3.70. The molecule has 0 radical (unpaired) electrons. The van der Waals surface area contributed by atoms with Gasteiger partial charge in [0.1, 0.15) is 5.82 Å². The summed E-state index contributed by atoms with van der Waals surface area (Å²) in [5.41, 5.74) is 8.67. The number of aliphatic imine (C=N–C) groups is 1. The lowest BCUT2D eigenvalue weighted by atomic mass is 10.2. The number of rotatable bonds is 1. The van der Waals surface area contributed by atoms with Crippen molar-refractivity contribution in [2.45, 2.75) is 6.92 Å². The van der Waals surface area contributed by atoms with Crippen LogP contribution in [0, 0.1) is 12.7 Å². The Morgan fingerprint density at radius 1 is 1.46 bits per heavy atom. The van der Waals surface area contributed by atoms with Crippen molar-refractivity contribution in [1.82, 2.24) is 5.43 Å². The molecule has 0 saturated carbocycles. The SMILES string of the molecule is Cc1cc(F)cc(N=C(N)NN)c1. The van der Waals surface area contributed by atoms with Crippen molar-refractivity contribution < 1.29 is 4.39 Å². The monoisotopic (exact) mass is 182 g/mol. The van der Waals surface area contributed by atoms with Gasteiger partial charge in [0.2, 0.25) is 5.96 Å². The highest BCUT2D eigenvalue weighted by molar-refractivity contribution is 5.80. The molecular formula is C8H11FN4. The van der Waals surface area contributed by atoms with Gasteiger partial charge in [-0.25, -0.2) is 15.2 Å². The normalized spacial score (nSPS) is 11.5. The van der Waals surface area contributed by atoms with Gasteiger partial charge in [0, 0.05) is 0 Å². The molecule has 0 spiro atoms. The third-order valence-electron chi connectivity index (χ3n) is 1.42. The molecule has 1 rings (SSSR count). The summed E-state index contributed by atoms with van der Waals surface area (Å²) in [6.45, 7) is 1.77. The molecule has 0 atom stereocenters.